The third-order valence-corrected chi connectivity index (χ3v) is 5.51. The summed E-state index contributed by atoms with van der Waals surface area (Å²) in [6, 6.07) is 19.5. The summed E-state index contributed by atoms with van der Waals surface area (Å²) in [6.07, 6.45) is 1.37. The largest absolute Gasteiger partial charge is 0.490 e. The number of ether oxygens (including phenoxy) is 2. The standard InChI is InChI=1S/C25H21Br2NO5/c1-2-32-22-14-17(12-20(27)23(22)33-15-16-7-6-10-19(26)11-16)13-21(25(30)31)28-24(29)18-8-4-3-5-9-18/h3-14H,2,15H2,1H3,(H,28,29)(H,30,31). The van der Waals surface area contributed by atoms with Crippen LogP contribution in [0, 0.1) is 0 Å². The van der Waals surface area contributed by atoms with E-state index in [0.29, 0.717) is 40.3 Å². The van der Waals surface area contributed by atoms with Gasteiger partial charge in [-0.2, -0.15) is 0 Å². The monoisotopic (exact) mass is 573 g/mol. The van der Waals surface area contributed by atoms with Gasteiger partial charge in [0.2, 0.25) is 0 Å². The van der Waals surface area contributed by atoms with Crippen LogP contribution in [0.15, 0.2) is 81.4 Å². The van der Waals surface area contributed by atoms with Gasteiger partial charge in [0.15, 0.2) is 11.5 Å². The fourth-order valence-corrected chi connectivity index (χ4v) is 3.98. The molecule has 0 bridgehead atoms. The molecule has 8 heteroatoms. The van der Waals surface area contributed by atoms with Crippen LogP contribution in [-0.4, -0.2) is 23.6 Å². The second kappa shape index (κ2) is 11.7. The molecule has 3 aromatic carbocycles. The Kier molecular flexibility index (Phi) is 8.68. The van der Waals surface area contributed by atoms with E-state index < -0.39 is 11.9 Å². The highest BCUT2D eigenvalue weighted by Gasteiger charge is 2.16. The fraction of sp³-hybridized carbons (Fsp3) is 0.120. The van der Waals surface area contributed by atoms with Crippen molar-refractivity contribution in [1.82, 2.24) is 5.32 Å². The fourth-order valence-electron chi connectivity index (χ4n) is 2.96. The average molecular weight is 575 g/mol. The number of hydrogen-bond donors (Lipinski definition) is 2. The van der Waals surface area contributed by atoms with Gasteiger partial charge < -0.3 is 19.9 Å². The van der Waals surface area contributed by atoms with Crippen molar-refractivity contribution >= 4 is 49.8 Å². The van der Waals surface area contributed by atoms with Crippen LogP contribution in [-0.2, 0) is 11.4 Å². The molecule has 3 rings (SSSR count). The molecule has 0 spiro atoms. The Balaban J connectivity index is 1.87. The molecule has 0 aliphatic carbocycles. The van der Waals surface area contributed by atoms with Crippen molar-refractivity contribution in [3.63, 3.8) is 0 Å². The Morgan fingerprint density at radius 1 is 1.00 bits per heavy atom. The third-order valence-electron chi connectivity index (χ3n) is 4.43. The first kappa shape index (κ1) is 24.5. The van der Waals surface area contributed by atoms with Crippen molar-refractivity contribution in [3.05, 3.63) is 98.1 Å². The van der Waals surface area contributed by atoms with Crippen molar-refractivity contribution in [1.29, 1.82) is 0 Å². The number of rotatable bonds is 9. The third kappa shape index (κ3) is 6.94. The van der Waals surface area contributed by atoms with Crippen LogP contribution < -0.4 is 14.8 Å². The number of carbonyl (C=O) groups excluding carboxylic acids is 1. The number of carboxylic acid groups (broad SMARTS) is 1. The summed E-state index contributed by atoms with van der Waals surface area (Å²) >= 11 is 6.94. The van der Waals surface area contributed by atoms with Crippen molar-refractivity contribution in [2.45, 2.75) is 13.5 Å². The predicted octanol–water partition coefficient (Wildman–Crippen LogP) is 6.04. The zero-order valence-corrected chi connectivity index (χ0v) is 20.9. The number of hydrogen-bond acceptors (Lipinski definition) is 4. The molecule has 170 valence electrons. The van der Waals surface area contributed by atoms with Gasteiger partial charge in [-0.1, -0.05) is 46.3 Å². The first-order valence-electron chi connectivity index (χ1n) is 10.0. The van der Waals surface area contributed by atoms with E-state index in [4.69, 9.17) is 9.47 Å². The van der Waals surface area contributed by atoms with E-state index in [1.54, 1.807) is 42.5 Å². The summed E-state index contributed by atoms with van der Waals surface area (Å²) in [5, 5.41) is 12.1. The van der Waals surface area contributed by atoms with Crippen LogP contribution in [0.2, 0.25) is 0 Å². The van der Waals surface area contributed by atoms with E-state index in [-0.39, 0.29) is 5.70 Å². The zero-order chi connectivity index (χ0) is 23.8. The first-order valence-corrected chi connectivity index (χ1v) is 11.6. The van der Waals surface area contributed by atoms with E-state index >= 15 is 0 Å². The number of halogens is 2. The number of benzene rings is 3. The summed E-state index contributed by atoms with van der Waals surface area (Å²) in [6.45, 7) is 2.56. The smallest absolute Gasteiger partial charge is 0.352 e. The number of aliphatic carboxylic acids is 1. The average Bonchev–Trinajstić information content (AvgIpc) is 2.79. The van der Waals surface area contributed by atoms with Crippen LogP contribution in [0.1, 0.15) is 28.4 Å². The SMILES string of the molecule is CCOc1cc(C=C(NC(=O)c2ccccc2)C(=O)O)cc(Br)c1OCc1cccc(Br)c1. The highest BCUT2D eigenvalue weighted by atomic mass is 79.9. The highest BCUT2D eigenvalue weighted by molar-refractivity contribution is 9.10. The summed E-state index contributed by atoms with van der Waals surface area (Å²) in [5.41, 5.74) is 1.59. The lowest BCUT2D eigenvalue weighted by Gasteiger charge is -2.15. The Labute approximate surface area is 208 Å². The van der Waals surface area contributed by atoms with E-state index in [2.05, 4.69) is 37.2 Å². The quantitative estimate of drug-likeness (QED) is 0.304. The number of amides is 1. The molecule has 0 saturated carbocycles. The molecule has 0 radical (unpaired) electrons. The minimum atomic E-state index is -1.26. The van der Waals surface area contributed by atoms with Crippen molar-refractivity contribution in [2.24, 2.45) is 0 Å². The molecule has 0 aromatic heterocycles. The molecule has 0 fully saturated rings. The van der Waals surface area contributed by atoms with E-state index in [0.717, 1.165) is 10.0 Å². The Morgan fingerprint density at radius 3 is 2.42 bits per heavy atom. The molecule has 0 unspecified atom stereocenters. The van der Waals surface area contributed by atoms with Crippen LogP contribution >= 0.6 is 31.9 Å². The molecule has 33 heavy (non-hydrogen) atoms. The molecule has 6 nitrogen and oxygen atoms in total. The van der Waals surface area contributed by atoms with Gasteiger partial charge in [0.25, 0.3) is 5.91 Å². The molecule has 0 atom stereocenters. The molecule has 0 heterocycles. The lowest BCUT2D eigenvalue weighted by molar-refractivity contribution is -0.132. The minimum absolute atomic E-state index is 0.263. The van der Waals surface area contributed by atoms with Gasteiger partial charge in [0.05, 0.1) is 11.1 Å². The molecular formula is C25H21Br2NO5. The van der Waals surface area contributed by atoms with Gasteiger partial charge >= 0.3 is 5.97 Å². The van der Waals surface area contributed by atoms with Gasteiger partial charge in [0.1, 0.15) is 12.3 Å². The molecule has 0 aliphatic heterocycles. The molecule has 1 amide bonds. The maximum atomic E-state index is 12.4. The van der Waals surface area contributed by atoms with Crippen molar-refractivity contribution < 1.29 is 24.2 Å². The summed E-state index contributed by atoms with van der Waals surface area (Å²) < 4.78 is 13.3. The Hall–Kier alpha value is -3.10. The van der Waals surface area contributed by atoms with Crippen LogP contribution in [0.25, 0.3) is 6.08 Å². The zero-order valence-electron chi connectivity index (χ0n) is 17.7. The van der Waals surface area contributed by atoms with E-state index in [1.165, 1.54) is 6.08 Å². The van der Waals surface area contributed by atoms with Gasteiger partial charge in [-0.15, -0.1) is 0 Å². The minimum Gasteiger partial charge on any atom is -0.490 e. The topological polar surface area (TPSA) is 84.9 Å². The maximum absolute atomic E-state index is 12.4. The maximum Gasteiger partial charge on any atom is 0.352 e. The summed E-state index contributed by atoms with van der Waals surface area (Å²) in [5.74, 6) is -0.822. The van der Waals surface area contributed by atoms with Gasteiger partial charge in [-0.3, -0.25) is 4.79 Å². The van der Waals surface area contributed by atoms with Crippen molar-refractivity contribution in [2.75, 3.05) is 6.61 Å². The first-order chi connectivity index (χ1) is 15.9. The number of carboxylic acids is 1. The van der Waals surface area contributed by atoms with Crippen LogP contribution in [0.4, 0.5) is 0 Å². The van der Waals surface area contributed by atoms with Crippen molar-refractivity contribution in [3.8, 4) is 11.5 Å². The summed E-state index contributed by atoms with van der Waals surface area (Å²) in [7, 11) is 0. The number of carbonyl (C=O) groups is 2. The highest BCUT2D eigenvalue weighted by Crippen LogP contribution is 2.38. The lowest BCUT2D eigenvalue weighted by Crippen LogP contribution is -2.27. The molecule has 2 N–H and O–H groups in total. The molecule has 3 aromatic rings. The second-order valence-corrected chi connectivity index (χ2v) is 8.63. The number of nitrogens with one attached hydrogen (secondary N) is 1. The second-order valence-electron chi connectivity index (χ2n) is 6.86. The normalized spacial score (nSPS) is 11.1. The van der Waals surface area contributed by atoms with Gasteiger partial charge in [-0.25, -0.2) is 4.79 Å². The molecular weight excluding hydrogens is 554 g/mol. The predicted molar refractivity (Wildman–Crippen MR) is 133 cm³/mol. The molecule has 0 aliphatic rings. The van der Waals surface area contributed by atoms with E-state index in [9.17, 15) is 14.7 Å². The van der Waals surface area contributed by atoms with Crippen LogP contribution in [0.3, 0.4) is 0 Å². The summed E-state index contributed by atoms with van der Waals surface area (Å²) in [4.78, 5) is 24.2. The Morgan fingerprint density at radius 2 is 1.76 bits per heavy atom. The van der Waals surface area contributed by atoms with Crippen LogP contribution in [0.5, 0.6) is 11.5 Å². The Bertz CT molecular complexity index is 1180. The molecule has 0 saturated heterocycles. The van der Waals surface area contributed by atoms with Gasteiger partial charge in [0, 0.05) is 10.0 Å². The van der Waals surface area contributed by atoms with E-state index in [1.807, 2.05) is 31.2 Å². The van der Waals surface area contributed by atoms with Gasteiger partial charge in [-0.05, 0) is 76.5 Å². The lowest BCUT2D eigenvalue weighted by atomic mass is 10.1.